The number of nitrogens with zero attached hydrogens (tertiary/aromatic N) is 1. The molecule has 3 fully saturated rings. The molecule has 24 heavy (non-hydrogen) atoms. The molecule has 1 saturated heterocycles. The van der Waals surface area contributed by atoms with Crippen molar-refractivity contribution < 1.29 is 9.59 Å². The van der Waals surface area contributed by atoms with Gasteiger partial charge in [-0.15, -0.1) is 0 Å². The van der Waals surface area contributed by atoms with Crippen molar-refractivity contribution in [3.63, 3.8) is 0 Å². The Kier molecular flexibility index (Phi) is 2.94. The lowest BCUT2D eigenvalue weighted by Gasteiger charge is -2.37. The molecule has 0 spiro atoms. The highest BCUT2D eigenvalue weighted by Gasteiger charge is 2.66. The molecule has 5 heteroatoms. The van der Waals surface area contributed by atoms with Crippen molar-refractivity contribution in [2.24, 2.45) is 35.5 Å². The summed E-state index contributed by atoms with van der Waals surface area (Å²) in [5, 5.41) is 3.86. The summed E-state index contributed by atoms with van der Waals surface area (Å²) in [7, 11) is 0. The minimum Gasteiger partial charge on any atom is -0.367 e. The van der Waals surface area contributed by atoms with Gasteiger partial charge in [-0.05, 0) is 54.7 Å². The number of hydrogen-bond donors (Lipinski definition) is 1. The second kappa shape index (κ2) is 4.85. The molecule has 124 valence electrons. The molecule has 4 aliphatic carbocycles. The molecule has 1 heterocycles. The highest BCUT2D eigenvalue weighted by molar-refractivity contribution is 6.30. The third-order valence-electron chi connectivity index (χ3n) is 6.38. The van der Waals surface area contributed by atoms with E-state index in [0.29, 0.717) is 16.9 Å². The molecule has 0 radical (unpaired) electrons. The summed E-state index contributed by atoms with van der Waals surface area (Å²) in [6.45, 7) is 2.20. The van der Waals surface area contributed by atoms with Crippen molar-refractivity contribution in [2.45, 2.75) is 13.3 Å². The number of carbonyl (C=O) groups is 2. The Morgan fingerprint density at radius 3 is 2.38 bits per heavy atom. The van der Waals surface area contributed by atoms with E-state index in [0.717, 1.165) is 11.3 Å². The molecule has 2 saturated carbocycles. The SMILES string of the molecule is Cc1ccc(Cl)cc1NCN1C(=O)[C@@H]2[C@@H]3C=C[C@H]([C@@H]4C[C@H]34)[C@H]2C1=O. The lowest BCUT2D eigenvalue weighted by atomic mass is 9.63. The molecular formula is C19H19ClN2O2. The predicted octanol–water partition coefficient (Wildman–Crippen LogP) is 3.07. The third kappa shape index (κ3) is 1.86. The average Bonchev–Trinajstić information content (AvgIpc) is 3.35. The van der Waals surface area contributed by atoms with E-state index < -0.39 is 0 Å². The molecule has 2 bridgehead atoms. The number of halogens is 1. The second-order valence-corrected chi connectivity index (χ2v) is 7.99. The van der Waals surface area contributed by atoms with Gasteiger partial charge < -0.3 is 5.32 Å². The Morgan fingerprint density at radius 1 is 1.12 bits per heavy atom. The van der Waals surface area contributed by atoms with Gasteiger partial charge in [-0.2, -0.15) is 0 Å². The van der Waals surface area contributed by atoms with E-state index in [4.69, 9.17) is 11.6 Å². The van der Waals surface area contributed by atoms with E-state index in [-0.39, 0.29) is 42.2 Å². The first kappa shape index (κ1) is 14.5. The topological polar surface area (TPSA) is 49.4 Å². The summed E-state index contributed by atoms with van der Waals surface area (Å²) in [5.74, 6) is 1.58. The molecular weight excluding hydrogens is 324 g/mol. The highest BCUT2D eigenvalue weighted by atomic mass is 35.5. The first-order chi connectivity index (χ1) is 11.6. The van der Waals surface area contributed by atoms with Crippen LogP contribution in [-0.2, 0) is 9.59 Å². The molecule has 1 aromatic carbocycles. The number of allylic oxidation sites excluding steroid dienone is 2. The number of hydrogen-bond acceptors (Lipinski definition) is 3. The van der Waals surface area contributed by atoms with Gasteiger partial charge in [-0.1, -0.05) is 29.8 Å². The Bertz CT molecular complexity index is 754. The van der Waals surface area contributed by atoms with E-state index in [1.54, 1.807) is 0 Å². The molecule has 1 N–H and O–H groups in total. The van der Waals surface area contributed by atoms with Crippen molar-refractivity contribution in [2.75, 3.05) is 12.0 Å². The number of amides is 2. The molecule has 4 nitrogen and oxygen atoms in total. The number of anilines is 1. The van der Waals surface area contributed by atoms with Gasteiger partial charge in [0, 0.05) is 10.7 Å². The molecule has 2 amide bonds. The Morgan fingerprint density at radius 2 is 1.75 bits per heavy atom. The molecule has 1 aliphatic heterocycles. The standard InChI is InChI=1S/C19H19ClN2O2/c1-9-2-3-10(20)6-15(9)21-8-22-18(23)16-11-4-5-12(14-7-13(11)14)17(16)19(22)24/h2-6,11-14,16-17,21H,7-8H2,1H3/t11-,12-,13-,14+,16-,17-/m1/s1. The number of carbonyl (C=O) groups excluding carboxylic acids is 2. The average molecular weight is 343 g/mol. The van der Waals surface area contributed by atoms with Gasteiger partial charge in [0.15, 0.2) is 0 Å². The van der Waals surface area contributed by atoms with E-state index in [1.165, 1.54) is 11.3 Å². The van der Waals surface area contributed by atoms with Gasteiger partial charge in [0.05, 0.1) is 18.5 Å². The molecule has 0 unspecified atom stereocenters. The van der Waals surface area contributed by atoms with Crippen LogP contribution in [0.15, 0.2) is 30.4 Å². The van der Waals surface area contributed by atoms with Gasteiger partial charge in [0.25, 0.3) is 0 Å². The minimum absolute atomic E-state index is 0.00174. The van der Waals surface area contributed by atoms with E-state index in [2.05, 4.69) is 17.5 Å². The lowest BCUT2D eigenvalue weighted by Crippen LogP contribution is -2.40. The van der Waals surface area contributed by atoms with Crippen molar-refractivity contribution in [3.8, 4) is 0 Å². The van der Waals surface area contributed by atoms with Gasteiger partial charge in [-0.3, -0.25) is 14.5 Å². The molecule has 0 aromatic heterocycles. The third-order valence-corrected chi connectivity index (χ3v) is 6.62. The van der Waals surface area contributed by atoms with E-state index in [9.17, 15) is 9.59 Å². The zero-order chi connectivity index (χ0) is 16.6. The van der Waals surface area contributed by atoms with Crippen LogP contribution in [0.5, 0.6) is 0 Å². The van der Waals surface area contributed by atoms with Crippen LogP contribution in [0.25, 0.3) is 0 Å². The fourth-order valence-corrected chi connectivity index (χ4v) is 5.30. The van der Waals surface area contributed by atoms with Crippen LogP contribution in [0.2, 0.25) is 5.02 Å². The van der Waals surface area contributed by atoms with Crippen LogP contribution in [0.3, 0.4) is 0 Å². The number of rotatable bonds is 3. The Hall–Kier alpha value is -1.81. The monoisotopic (exact) mass is 342 g/mol. The summed E-state index contributed by atoms with van der Waals surface area (Å²) >= 11 is 6.04. The maximum absolute atomic E-state index is 12.9. The molecule has 6 rings (SSSR count). The lowest BCUT2D eigenvalue weighted by molar-refractivity contribution is -0.139. The molecule has 5 aliphatic rings. The van der Waals surface area contributed by atoms with Crippen molar-refractivity contribution >= 4 is 29.1 Å². The second-order valence-electron chi connectivity index (χ2n) is 7.55. The van der Waals surface area contributed by atoms with Crippen LogP contribution in [0.1, 0.15) is 12.0 Å². The van der Waals surface area contributed by atoms with Crippen molar-refractivity contribution in [1.29, 1.82) is 0 Å². The molecule has 6 atom stereocenters. The number of aryl methyl sites for hydroxylation is 1. The minimum atomic E-state index is -0.126. The number of benzene rings is 1. The van der Waals surface area contributed by atoms with Crippen LogP contribution < -0.4 is 5.32 Å². The summed E-state index contributed by atoms with van der Waals surface area (Å²) in [6, 6.07) is 5.59. The number of likely N-dealkylation sites (tertiary alicyclic amines) is 1. The predicted molar refractivity (Wildman–Crippen MR) is 91.2 cm³/mol. The number of imide groups is 1. The zero-order valence-electron chi connectivity index (χ0n) is 13.4. The fourth-order valence-electron chi connectivity index (χ4n) is 5.12. The first-order valence-electron chi connectivity index (χ1n) is 8.60. The Labute approximate surface area is 145 Å². The Balaban J connectivity index is 1.38. The normalized spacial score (nSPS) is 38.3. The van der Waals surface area contributed by atoms with Crippen LogP contribution in [0.4, 0.5) is 5.69 Å². The summed E-state index contributed by atoms with van der Waals surface area (Å²) < 4.78 is 0. The quantitative estimate of drug-likeness (QED) is 0.678. The van der Waals surface area contributed by atoms with Gasteiger partial charge >= 0.3 is 0 Å². The van der Waals surface area contributed by atoms with Crippen LogP contribution >= 0.6 is 11.6 Å². The van der Waals surface area contributed by atoms with Gasteiger partial charge in [0.1, 0.15) is 0 Å². The summed E-state index contributed by atoms with van der Waals surface area (Å²) in [5.41, 5.74) is 1.90. The summed E-state index contributed by atoms with van der Waals surface area (Å²) in [4.78, 5) is 27.2. The maximum atomic E-state index is 12.9. The van der Waals surface area contributed by atoms with Crippen LogP contribution in [-0.4, -0.2) is 23.4 Å². The van der Waals surface area contributed by atoms with E-state index >= 15 is 0 Å². The maximum Gasteiger partial charge on any atom is 0.235 e. The van der Waals surface area contributed by atoms with Gasteiger partial charge in [0.2, 0.25) is 11.8 Å². The van der Waals surface area contributed by atoms with Crippen LogP contribution in [0, 0.1) is 42.4 Å². The summed E-state index contributed by atoms with van der Waals surface area (Å²) in [6.07, 6.45) is 5.59. The number of nitrogens with one attached hydrogen (secondary N) is 1. The van der Waals surface area contributed by atoms with Crippen molar-refractivity contribution in [3.05, 3.63) is 40.9 Å². The van der Waals surface area contributed by atoms with Crippen molar-refractivity contribution in [1.82, 2.24) is 4.90 Å². The zero-order valence-corrected chi connectivity index (χ0v) is 14.2. The van der Waals surface area contributed by atoms with E-state index in [1.807, 2.05) is 25.1 Å². The molecule has 1 aromatic rings. The highest BCUT2D eigenvalue weighted by Crippen LogP contribution is 2.65. The van der Waals surface area contributed by atoms with Gasteiger partial charge in [-0.25, -0.2) is 0 Å². The first-order valence-corrected chi connectivity index (χ1v) is 8.97. The smallest absolute Gasteiger partial charge is 0.235 e. The fraction of sp³-hybridized carbons (Fsp3) is 0.474. The largest absolute Gasteiger partial charge is 0.367 e.